The number of Topliss-reactive ketones (excluding diaryl/α,β-unsaturated/α-hetero) is 1. The number of nitrogens with zero attached hydrogens (tertiary/aromatic N) is 2. The van der Waals surface area contributed by atoms with Crippen molar-refractivity contribution < 1.29 is 23.5 Å². The second-order valence-electron chi connectivity index (χ2n) is 7.95. The summed E-state index contributed by atoms with van der Waals surface area (Å²) >= 11 is 0. The molecule has 0 radical (unpaired) electrons. The van der Waals surface area contributed by atoms with Crippen LogP contribution in [0.2, 0.25) is 0 Å². The molecule has 3 rings (SSSR count). The number of unbranched alkanes of at least 4 members (excludes halogenated alkanes) is 2. The van der Waals surface area contributed by atoms with E-state index >= 15 is 0 Å². The minimum atomic E-state index is -0.705. The topological polar surface area (TPSA) is 91.5 Å². The first-order valence-electron chi connectivity index (χ1n) is 11.3. The van der Waals surface area contributed by atoms with Gasteiger partial charge >= 0.3 is 5.97 Å². The van der Waals surface area contributed by atoms with Gasteiger partial charge in [-0.2, -0.15) is 0 Å². The zero-order chi connectivity index (χ0) is 23.6. The Bertz CT molecular complexity index is 1040. The first-order valence-corrected chi connectivity index (χ1v) is 11.3. The van der Waals surface area contributed by atoms with Crippen LogP contribution in [0.15, 0.2) is 52.9 Å². The minimum Gasteiger partial charge on any atom is -0.494 e. The van der Waals surface area contributed by atoms with Crippen molar-refractivity contribution >= 4 is 11.8 Å². The molecule has 33 heavy (non-hydrogen) atoms. The summed E-state index contributed by atoms with van der Waals surface area (Å²) < 4.78 is 16.7. The average Bonchev–Trinajstić information content (AvgIpc) is 3.32. The van der Waals surface area contributed by atoms with Crippen molar-refractivity contribution in [2.24, 2.45) is 0 Å². The molecular formula is C26H30N2O5. The molecule has 0 N–H and O–H groups in total. The highest BCUT2D eigenvalue weighted by atomic mass is 16.6. The Balaban J connectivity index is 1.45. The summed E-state index contributed by atoms with van der Waals surface area (Å²) in [5, 5.41) is 8.00. The Labute approximate surface area is 194 Å². The molecule has 0 aliphatic carbocycles. The molecule has 1 unspecified atom stereocenters. The lowest BCUT2D eigenvalue weighted by Gasteiger charge is -2.09. The maximum atomic E-state index is 12.4. The normalized spacial score (nSPS) is 11.7. The quantitative estimate of drug-likeness (QED) is 0.193. The van der Waals surface area contributed by atoms with Crippen LogP contribution in [0, 0.1) is 6.92 Å². The monoisotopic (exact) mass is 450 g/mol. The standard InChI is InChI=1S/C26H30N2O5/c1-4-5-6-17-31-22-13-11-20(12-14-22)23(29)15-16-24(30)32-19(3)25-27-28-26(33-25)21-9-7-18(2)8-10-21/h7-14,19H,4-6,15-17H2,1-3H3. The number of carbonyl (C=O) groups excluding carboxylic acids is 2. The predicted molar refractivity (Wildman–Crippen MR) is 124 cm³/mol. The fourth-order valence-corrected chi connectivity index (χ4v) is 3.16. The van der Waals surface area contributed by atoms with E-state index in [1.165, 1.54) is 0 Å². The molecule has 1 aromatic heterocycles. The summed E-state index contributed by atoms with van der Waals surface area (Å²) in [4.78, 5) is 24.6. The van der Waals surface area contributed by atoms with E-state index in [2.05, 4.69) is 17.1 Å². The van der Waals surface area contributed by atoms with E-state index in [9.17, 15) is 9.59 Å². The van der Waals surface area contributed by atoms with Gasteiger partial charge in [0.1, 0.15) is 5.75 Å². The number of ketones is 1. The molecule has 7 nitrogen and oxygen atoms in total. The third-order valence-corrected chi connectivity index (χ3v) is 5.14. The Morgan fingerprint density at radius 2 is 1.70 bits per heavy atom. The number of ether oxygens (including phenoxy) is 2. The average molecular weight is 451 g/mol. The summed E-state index contributed by atoms with van der Waals surface area (Å²) in [5.41, 5.74) is 2.46. The van der Waals surface area contributed by atoms with Crippen molar-refractivity contribution in [1.82, 2.24) is 10.2 Å². The van der Waals surface area contributed by atoms with Gasteiger partial charge in [0.2, 0.25) is 5.89 Å². The molecule has 0 saturated heterocycles. The highest BCUT2D eigenvalue weighted by molar-refractivity contribution is 5.97. The van der Waals surface area contributed by atoms with Crippen LogP contribution in [0.1, 0.15) is 73.9 Å². The lowest BCUT2D eigenvalue weighted by atomic mass is 10.1. The van der Waals surface area contributed by atoms with Crippen LogP contribution in [-0.4, -0.2) is 28.6 Å². The van der Waals surface area contributed by atoms with Crippen molar-refractivity contribution in [1.29, 1.82) is 0 Å². The van der Waals surface area contributed by atoms with E-state index in [0.717, 1.165) is 36.1 Å². The zero-order valence-corrected chi connectivity index (χ0v) is 19.4. The van der Waals surface area contributed by atoms with Gasteiger partial charge in [0.05, 0.1) is 13.0 Å². The molecule has 0 bridgehead atoms. The van der Waals surface area contributed by atoms with Crippen LogP contribution in [0.3, 0.4) is 0 Å². The molecule has 0 saturated carbocycles. The SMILES string of the molecule is CCCCCOc1ccc(C(=O)CCC(=O)OC(C)c2nnc(-c3ccc(C)cc3)o2)cc1. The maximum Gasteiger partial charge on any atom is 0.307 e. The second-order valence-corrected chi connectivity index (χ2v) is 7.95. The van der Waals surface area contributed by atoms with Crippen LogP contribution in [0.4, 0.5) is 0 Å². The van der Waals surface area contributed by atoms with Gasteiger partial charge in [-0.05, 0) is 56.7 Å². The van der Waals surface area contributed by atoms with E-state index in [-0.39, 0.29) is 24.5 Å². The lowest BCUT2D eigenvalue weighted by Crippen LogP contribution is -2.11. The lowest BCUT2D eigenvalue weighted by molar-refractivity contribution is -0.149. The number of aryl methyl sites for hydroxylation is 1. The van der Waals surface area contributed by atoms with Crippen LogP contribution in [0.5, 0.6) is 5.75 Å². The van der Waals surface area contributed by atoms with Crippen LogP contribution < -0.4 is 4.74 Å². The van der Waals surface area contributed by atoms with E-state index in [0.29, 0.717) is 18.1 Å². The van der Waals surface area contributed by atoms with Gasteiger partial charge in [-0.3, -0.25) is 9.59 Å². The van der Waals surface area contributed by atoms with Crippen molar-refractivity contribution in [3.05, 3.63) is 65.5 Å². The molecular weight excluding hydrogens is 420 g/mol. The van der Waals surface area contributed by atoms with Gasteiger partial charge in [-0.1, -0.05) is 37.5 Å². The predicted octanol–water partition coefficient (Wildman–Crippen LogP) is 5.88. The molecule has 2 aromatic carbocycles. The molecule has 3 aromatic rings. The fraction of sp³-hybridized carbons (Fsp3) is 0.385. The van der Waals surface area contributed by atoms with Crippen molar-refractivity contribution in [2.45, 2.75) is 59.0 Å². The summed E-state index contributed by atoms with van der Waals surface area (Å²) in [6.45, 7) is 6.46. The van der Waals surface area contributed by atoms with Gasteiger partial charge in [-0.15, -0.1) is 10.2 Å². The number of rotatable bonds is 12. The van der Waals surface area contributed by atoms with E-state index < -0.39 is 12.1 Å². The highest BCUT2D eigenvalue weighted by Crippen LogP contribution is 2.23. The first-order chi connectivity index (χ1) is 16.0. The smallest absolute Gasteiger partial charge is 0.307 e. The largest absolute Gasteiger partial charge is 0.494 e. The van der Waals surface area contributed by atoms with Crippen LogP contribution in [-0.2, 0) is 9.53 Å². The molecule has 0 amide bonds. The molecule has 174 valence electrons. The van der Waals surface area contributed by atoms with Gasteiger partial charge < -0.3 is 13.9 Å². The fourth-order valence-electron chi connectivity index (χ4n) is 3.16. The Morgan fingerprint density at radius 1 is 0.970 bits per heavy atom. The zero-order valence-electron chi connectivity index (χ0n) is 19.4. The minimum absolute atomic E-state index is 0.0304. The highest BCUT2D eigenvalue weighted by Gasteiger charge is 2.20. The van der Waals surface area contributed by atoms with Crippen molar-refractivity contribution in [3.8, 4) is 17.2 Å². The molecule has 7 heteroatoms. The summed E-state index contributed by atoms with van der Waals surface area (Å²) in [5.74, 6) is 0.680. The Hall–Kier alpha value is -3.48. The second kappa shape index (κ2) is 11.9. The Morgan fingerprint density at radius 3 is 2.39 bits per heavy atom. The number of benzene rings is 2. The van der Waals surface area contributed by atoms with Gasteiger partial charge in [-0.25, -0.2) is 0 Å². The third-order valence-electron chi connectivity index (χ3n) is 5.14. The molecule has 0 spiro atoms. The van der Waals surface area contributed by atoms with E-state index in [4.69, 9.17) is 13.9 Å². The van der Waals surface area contributed by atoms with Crippen LogP contribution >= 0.6 is 0 Å². The van der Waals surface area contributed by atoms with E-state index in [1.807, 2.05) is 31.2 Å². The van der Waals surface area contributed by atoms with Gasteiger partial charge in [0.25, 0.3) is 5.89 Å². The Kier molecular flexibility index (Phi) is 8.75. The molecule has 1 heterocycles. The number of hydrogen-bond donors (Lipinski definition) is 0. The van der Waals surface area contributed by atoms with Crippen LogP contribution in [0.25, 0.3) is 11.5 Å². The van der Waals surface area contributed by atoms with Crippen molar-refractivity contribution in [3.63, 3.8) is 0 Å². The maximum absolute atomic E-state index is 12.4. The third kappa shape index (κ3) is 7.27. The number of hydrogen-bond acceptors (Lipinski definition) is 7. The summed E-state index contributed by atoms with van der Waals surface area (Å²) in [6.07, 6.45) is 2.60. The summed E-state index contributed by atoms with van der Waals surface area (Å²) in [6, 6.07) is 14.7. The molecule has 0 aliphatic rings. The number of esters is 1. The number of aromatic nitrogens is 2. The van der Waals surface area contributed by atoms with Gasteiger partial charge in [0.15, 0.2) is 11.9 Å². The number of carbonyl (C=O) groups is 2. The summed E-state index contributed by atoms with van der Waals surface area (Å²) in [7, 11) is 0. The molecule has 0 aliphatic heterocycles. The first kappa shape index (κ1) is 24.2. The van der Waals surface area contributed by atoms with Gasteiger partial charge in [0, 0.05) is 17.5 Å². The van der Waals surface area contributed by atoms with Crippen molar-refractivity contribution in [2.75, 3.05) is 6.61 Å². The molecule has 1 atom stereocenters. The molecule has 0 fully saturated rings. The van der Waals surface area contributed by atoms with E-state index in [1.54, 1.807) is 31.2 Å².